The van der Waals surface area contributed by atoms with Crippen LogP contribution in [0.1, 0.15) is 17.2 Å². The van der Waals surface area contributed by atoms with E-state index in [2.05, 4.69) is 20.8 Å². The van der Waals surface area contributed by atoms with Crippen LogP contribution in [0.3, 0.4) is 0 Å². The first-order chi connectivity index (χ1) is 11.9. The molecule has 6 nitrogen and oxygen atoms in total. The van der Waals surface area contributed by atoms with Gasteiger partial charge in [-0.1, -0.05) is 30.3 Å². The number of anilines is 1. The Morgan fingerprint density at radius 2 is 1.72 bits per heavy atom. The van der Waals surface area contributed by atoms with E-state index >= 15 is 0 Å². The zero-order valence-corrected chi connectivity index (χ0v) is 12.7. The van der Waals surface area contributed by atoms with E-state index in [1.807, 2.05) is 0 Å². The molecule has 0 aliphatic heterocycles. The van der Waals surface area contributed by atoms with E-state index in [1.165, 1.54) is 23.1 Å². The number of carbonyl (C=O) groups is 1. The van der Waals surface area contributed by atoms with E-state index in [-0.39, 0.29) is 5.69 Å². The van der Waals surface area contributed by atoms with Crippen molar-refractivity contribution in [3.63, 3.8) is 0 Å². The number of hydrogen-bond acceptors (Lipinski definition) is 4. The van der Waals surface area contributed by atoms with Crippen LogP contribution in [0.25, 0.3) is 0 Å². The fraction of sp³-hybridized carbons (Fsp3) is 0.125. The SMILES string of the molecule is O=C(Nc1ccc(C(F)(F)F)cc1)C(c1ccccc1)n1cnnn1. The zero-order valence-electron chi connectivity index (χ0n) is 12.7. The molecule has 1 unspecified atom stereocenters. The number of rotatable bonds is 4. The van der Waals surface area contributed by atoms with Crippen molar-refractivity contribution in [3.8, 4) is 0 Å². The molecular formula is C16H12F3N5O. The Labute approximate surface area is 140 Å². The summed E-state index contributed by atoms with van der Waals surface area (Å²) in [6.07, 6.45) is -3.13. The second kappa shape index (κ2) is 6.71. The minimum atomic E-state index is -4.43. The Morgan fingerprint density at radius 3 is 2.28 bits per heavy atom. The molecule has 1 heterocycles. The molecule has 0 aliphatic rings. The van der Waals surface area contributed by atoms with Gasteiger partial charge in [0.05, 0.1) is 5.56 Å². The monoisotopic (exact) mass is 347 g/mol. The molecule has 25 heavy (non-hydrogen) atoms. The molecule has 1 N–H and O–H groups in total. The molecule has 0 aliphatic carbocycles. The Morgan fingerprint density at radius 1 is 1.04 bits per heavy atom. The van der Waals surface area contributed by atoms with Crippen molar-refractivity contribution in [2.45, 2.75) is 12.2 Å². The quantitative estimate of drug-likeness (QED) is 0.788. The molecule has 0 bridgehead atoms. The summed E-state index contributed by atoms with van der Waals surface area (Å²) in [6.45, 7) is 0. The number of alkyl halides is 3. The Balaban J connectivity index is 1.84. The maximum Gasteiger partial charge on any atom is 0.416 e. The van der Waals surface area contributed by atoms with Crippen LogP contribution in [0.15, 0.2) is 60.9 Å². The summed E-state index contributed by atoms with van der Waals surface area (Å²) in [5.41, 5.74) is 0.0943. The Kier molecular flexibility index (Phi) is 4.46. The molecule has 0 saturated carbocycles. The third kappa shape index (κ3) is 3.82. The first-order valence-corrected chi connectivity index (χ1v) is 7.21. The third-order valence-electron chi connectivity index (χ3n) is 3.47. The first kappa shape index (κ1) is 16.6. The maximum absolute atomic E-state index is 12.6. The smallest absolute Gasteiger partial charge is 0.324 e. The predicted octanol–water partition coefficient (Wildman–Crippen LogP) is 2.92. The van der Waals surface area contributed by atoms with Crippen LogP contribution >= 0.6 is 0 Å². The highest BCUT2D eigenvalue weighted by Crippen LogP contribution is 2.30. The average Bonchev–Trinajstić information content (AvgIpc) is 3.10. The molecule has 1 atom stereocenters. The molecule has 1 amide bonds. The summed E-state index contributed by atoms with van der Waals surface area (Å²) in [5, 5.41) is 13.4. The number of tetrazole rings is 1. The van der Waals surface area contributed by atoms with E-state index in [0.717, 1.165) is 12.1 Å². The number of carbonyl (C=O) groups excluding carboxylic acids is 1. The fourth-order valence-electron chi connectivity index (χ4n) is 2.30. The molecule has 0 saturated heterocycles. The van der Waals surface area contributed by atoms with Crippen molar-refractivity contribution in [1.29, 1.82) is 0 Å². The predicted molar refractivity (Wildman–Crippen MR) is 82.5 cm³/mol. The van der Waals surface area contributed by atoms with Gasteiger partial charge in [0, 0.05) is 5.69 Å². The largest absolute Gasteiger partial charge is 0.416 e. The van der Waals surface area contributed by atoms with Gasteiger partial charge in [-0.2, -0.15) is 13.2 Å². The molecule has 3 rings (SSSR count). The second-order valence-electron chi connectivity index (χ2n) is 5.17. The number of nitrogens with one attached hydrogen (secondary N) is 1. The van der Waals surface area contributed by atoms with Gasteiger partial charge in [-0.3, -0.25) is 4.79 Å². The molecule has 3 aromatic rings. The number of halogens is 3. The minimum Gasteiger partial charge on any atom is -0.324 e. The molecule has 9 heteroatoms. The average molecular weight is 347 g/mol. The molecule has 0 radical (unpaired) electrons. The Hall–Kier alpha value is -3.23. The third-order valence-corrected chi connectivity index (χ3v) is 3.47. The number of hydrogen-bond donors (Lipinski definition) is 1. The molecular weight excluding hydrogens is 335 g/mol. The molecule has 2 aromatic carbocycles. The number of benzene rings is 2. The van der Waals surface area contributed by atoms with Crippen LogP contribution in [0.5, 0.6) is 0 Å². The van der Waals surface area contributed by atoms with Gasteiger partial charge in [0.1, 0.15) is 6.33 Å². The summed E-state index contributed by atoms with van der Waals surface area (Å²) in [4.78, 5) is 12.6. The number of amides is 1. The van der Waals surface area contributed by atoms with E-state index in [1.54, 1.807) is 30.3 Å². The van der Waals surface area contributed by atoms with E-state index in [0.29, 0.717) is 5.56 Å². The van der Waals surface area contributed by atoms with Gasteiger partial charge in [0.25, 0.3) is 5.91 Å². The zero-order chi connectivity index (χ0) is 17.9. The van der Waals surface area contributed by atoms with Crippen molar-refractivity contribution >= 4 is 11.6 Å². The molecule has 0 spiro atoms. The summed E-state index contributed by atoms with van der Waals surface area (Å²) in [5.74, 6) is -0.474. The van der Waals surface area contributed by atoms with Crippen LogP contribution in [0.4, 0.5) is 18.9 Å². The topological polar surface area (TPSA) is 72.7 Å². The van der Waals surface area contributed by atoms with Crippen molar-refractivity contribution in [2.75, 3.05) is 5.32 Å². The lowest BCUT2D eigenvalue weighted by Crippen LogP contribution is -2.27. The van der Waals surface area contributed by atoms with Gasteiger partial charge in [0.2, 0.25) is 0 Å². The minimum absolute atomic E-state index is 0.243. The van der Waals surface area contributed by atoms with Crippen LogP contribution in [0.2, 0.25) is 0 Å². The van der Waals surface area contributed by atoms with Crippen molar-refractivity contribution in [3.05, 3.63) is 72.1 Å². The normalized spacial score (nSPS) is 12.6. The molecule has 0 fully saturated rings. The first-order valence-electron chi connectivity index (χ1n) is 7.21. The van der Waals surface area contributed by atoms with Gasteiger partial charge < -0.3 is 5.32 Å². The van der Waals surface area contributed by atoms with Crippen molar-refractivity contribution in [1.82, 2.24) is 20.2 Å². The van der Waals surface area contributed by atoms with Crippen molar-refractivity contribution < 1.29 is 18.0 Å². The van der Waals surface area contributed by atoms with Gasteiger partial charge in [0.15, 0.2) is 6.04 Å². The lowest BCUT2D eigenvalue weighted by Gasteiger charge is -2.17. The van der Waals surface area contributed by atoms with Crippen molar-refractivity contribution in [2.24, 2.45) is 0 Å². The lowest BCUT2D eigenvalue weighted by molar-refractivity contribution is -0.137. The highest BCUT2D eigenvalue weighted by molar-refractivity contribution is 5.95. The highest BCUT2D eigenvalue weighted by atomic mass is 19.4. The summed E-state index contributed by atoms with van der Waals surface area (Å²) >= 11 is 0. The summed E-state index contributed by atoms with van der Waals surface area (Å²) in [7, 11) is 0. The lowest BCUT2D eigenvalue weighted by atomic mass is 10.1. The van der Waals surface area contributed by atoms with Crippen LogP contribution in [-0.4, -0.2) is 26.1 Å². The van der Waals surface area contributed by atoms with Crippen LogP contribution in [-0.2, 0) is 11.0 Å². The number of nitrogens with zero attached hydrogens (tertiary/aromatic N) is 4. The summed E-state index contributed by atoms with van der Waals surface area (Å²) < 4.78 is 39.1. The van der Waals surface area contributed by atoms with E-state index in [4.69, 9.17) is 0 Å². The maximum atomic E-state index is 12.6. The van der Waals surface area contributed by atoms with Crippen LogP contribution in [0, 0.1) is 0 Å². The standard InChI is InChI=1S/C16H12F3N5O/c17-16(18,19)12-6-8-13(9-7-12)21-15(25)14(24-10-20-22-23-24)11-4-2-1-3-5-11/h1-10,14H,(H,21,25). The Bertz CT molecular complexity index is 832. The highest BCUT2D eigenvalue weighted by Gasteiger charge is 2.30. The van der Waals surface area contributed by atoms with Gasteiger partial charge >= 0.3 is 6.18 Å². The van der Waals surface area contributed by atoms with E-state index in [9.17, 15) is 18.0 Å². The molecule has 1 aromatic heterocycles. The van der Waals surface area contributed by atoms with Gasteiger partial charge in [-0.15, -0.1) is 5.10 Å². The number of aromatic nitrogens is 4. The fourth-order valence-corrected chi connectivity index (χ4v) is 2.30. The van der Waals surface area contributed by atoms with Crippen LogP contribution < -0.4 is 5.32 Å². The van der Waals surface area contributed by atoms with Gasteiger partial charge in [-0.05, 0) is 40.3 Å². The molecule has 128 valence electrons. The summed E-state index contributed by atoms with van der Waals surface area (Å²) in [6, 6.07) is 12.2. The second-order valence-corrected chi connectivity index (χ2v) is 5.17. The van der Waals surface area contributed by atoms with E-state index < -0.39 is 23.7 Å². The van der Waals surface area contributed by atoms with Gasteiger partial charge in [-0.25, -0.2) is 4.68 Å².